The molecule has 3 heterocycles. The van der Waals surface area contributed by atoms with Gasteiger partial charge in [-0.25, -0.2) is 9.78 Å². The van der Waals surface area contributed by atoms with Crippen molar-refractivity contribution in [1.82, 2.24) is 23.3 Å². The molecule has 0 atom stereocenters. The highest BCUT2D eigenvalue weighted by Gasteiger charge is 2.20. The Kier molecular flexibility index (Phi) is 6.16. The topological polar surface area (TPSA) is 119 Å². The number of carbonyl (C=O) groups excluding carboxylic acids is 2. The zero-order chi connectivity index (χ0) is 25.4. The average Bonchev–Trinajstić information content (AvgIpc) is 3.40. The number of aromatic nitrogens is 5. The van der Waals surface area contributed by atoms with Crippen LogP contribution in [-0.4, -0.2) is 48.7 Å². The quantitative estimate of drug-likeness (QED) is 0.289. The SMILES string of the molecule is COc1ccc(-n2c(C)cc(C(=O)COC(=O)Cn3cnc4c3c(=O)n(C)c(=O)n4C)c2C)cc1. The Morgan fingerprint density at radius 3 is 2.37 bits per heavy atom. The minimum Gasteiger partial charge on any atom is -0.497 e. The number of hydrogen-bond donors (Lipinski definition) is 0. The molecule has 11 heteroatoms. The lowest BCUT2D eigenvalue weighted by atomic mass is 10.1. The second-order valence-corrected chi connectivity index (χ2v) is 8.15. The van der Waals surface area contributed by atoms with Crippen molar-refractivity contribution in [2.45, 2.75) is 20.4 Å². The van der Waals surface area contributed by atoms with Gasteiger partial charge in [0.25, 0.3) is 5.56 Å². The molecule has 3 aromatic heterocycles. The molecule has 182 valence electrons. The van der Waals surface area contributed by atoms with E-state index in [-0.39, 0.29) is 23.5 Å². The zero-order valence-corrected chi connectivity index (χ0v) is 20.1. The number of Topliss-reactive ketones (excluding diaryl/α,β-unsaturated/α-hetero) is 1. The predicted molar refractivity (Wildman–Crippen MR) is 127 cm³/mol. The van der Waals surface area contributed by atoms with Gasteiger partial charge in [-0.1, -0.05) is 0 Å². The maximum atomic E-state index is 12.8. The Bertz CT molecular complexity index is 1570. The van der Waals surface area contributed by atoms with Crippen LogP contribution < -0.4 is 16.0 Å². The van der Waals surface area contributed by atoms with Crippen molar-refractivity contribution in [3.05, 3.63) is 74.4 Å². The molecule has 35 heavy (non-hydrogen) atoms. The van der Waals surface area contributed by atoms with Gasteiger partial charge in [0.1, 0.15) is 12.3 Å². The molecule has 0 amide bonds. The minimum absolute atomic E-state index is 0.0981. The summed E-state index contributed by atoms with van der Waals surface area (Å²) in [6, 6.07) is 9.21. The van der Waals surface area contributed by atoms with Crippen molar-refractivity contribution in [2.24, 2.45) is 14.1 Å². The molecule has 0 saturated carbocycles. The molecule has 0 N–H and O–H groups in total. The molecule has 0 fully saturated rings. The molecule has 4 aromatic rings. The first-order valence-electron chi connectivity index (χ1n) is 10.8. The number of ether oxygens (including phenoxy) is 2. The number of aryl methyl sites for hydroxylation is 2. The number of carbonyl (C=O) groups is 2. The number of ketones is 1. The summed E-state index contributed by atoms with van der Waals surface area (Å²) in [5, 5.41) is 0. The second-order valence-electron chi connectivity index (χ2n) is 8.15. The number of rotatable bonds is 7. The van der Waals surface area contributed by atoms with Gasteiger partial charge in [0.15, 0.2) is 17.8 Å². The summed E-state index contributed by atoms with van der Waals surface area (Å²) in [6.07, 6.45) is 1.29. The first-order valence-corrected chi connectivity index (χ1v) is 10.8. The summed E-state index contributed by atoms with van der Waals surface area (Å²) >= 11 is 0. The number of esters is 1. The van der Waals surface area contributed by atoms with Crippen LogP contribution >= 0.6 is 0 Å². The van der Waals surface area contributed by atoms with Gasteiger partial charge in [0.05, 0.1) is 13.4 Å². The van der Waals surface area contributed by atoms with Crippen molar-refractivity contribution in [3.8, 4) is 11.4 Å². The molecule has 0 saturated heterocycles. The molecular weight excluding hydrogens is 454 g/mol. The number of imidazole rings is 1. The molecule has 0 radical (unpaired) electrons. The standard InChI is InChI=1S/C24H25N5O6/c1-14-10-18(15(2)29(14)16-6-8-17(34-5)9-7-16)19(30)12-35-20(31)11-28-13-25-22-21(28)23(32)27(4)24(33)26(22)3/h6-10,13H,11-12H2,1-5H3. The Labute approximate surface area is 199 Å². The fraction of sp³-hybridized carbons (Fsp3) is 0.292. The third-order valence-corrected chi connectivity index (χ3v) is 5.94. The summed E-state index contributed by atoms with van der Waals surface area (Å²) in [5.41, 5.74) is 2.06. The Morgan fingerprint density at radius 1 is 1.03 bits per heavy atom. The molecule has 0 unspecified atom stereocenters. The predicted octanol–water partition coefficient (Wildman–Crippen LogP) is 1.28. The Balaban J connectivity index is 1.49. The highest BCUT2D eigenvalue weighted by molar-refractivity contribution is 5.99. The molecule has 0 aliphatic carbocycles. The number of hydrogen-bond acceptors (Lipinski definition) is 7. The van der Waals surface area contributed by atoms with Crippen LogP contribution in [0.25, 0.3) is 16.9 Å². The number of fused-ring (bicyclic) bond motifs is 1. The van der Waals surface area contributed by atoms with E-state index in [9.17, 15) is 19.2 Å². The zero-order valence-electron chi connectivity index (χ0n) is 20.1. The number of nitrogens with zero attached hydrogens (tertiary/aromatic N) is 5. The lowest BCUT2D eigenvalue weighted by Crippen LogP contribution is -2.37. The van der Waals surface area contributed by atoms with Crippen molar-refractivity contribution in [1.29, 1.82) is 0 Å². The highest BCUT2D eigenvalue weighted by atomic mass is 16.5. The van der Waals surface area contributed by atoms with Crippen molar-refractivity contribution < 1.29 is 19.1 Å². The van der Waals surface area contributed by atoms with E-state index in [1.165, 1.54) is 29.6 Å². The van der Waals surface area contributed by atoms with Crippen LogP contribution in [0.3, 0.4) is 0 Å². The summed E-state index contributed by atoms with van der Waals surface area (Å²) in [4.78, 5) is 53.9. The highest BCUT2D eigenvalue weighted by Crippen LogP contribution is 2.23. The molecular formula is C24H25N5O6. The Hall–Kier alpha value is -4.41. The van der Waals surface area contributed by atoms with E-state index in [1.54, 1.807) is 13.2 Å². The van der Waals surface area contributed by atoms with E-state index in [2.05, 4.69) is 4.98 Å². The van der Waals surface area contributed by atoms with E-state index in [1.807, 2.05) is 42.7 Å². The molecule has 4 rings (SSSR count). The number of methoxy groups -OCH3 is 1. The first kappa shape index (κ1) is 23.7. The minimum atomic E-state index is -0.711. The van der Waals surface area contributed by atoms with Gasteiger partial charge in [0, 0.05) is 36.7 Å². The second kappa shape index (κ2) is 9.09. The normalized spacial score (nSPS) is 11.1. The first-order chi connectivity index (χ1) is 16.6. The molecule has 0 aliphatic rings. The monoisotopic (exact) mass is 479 g/mol. The van der Waals surface area contributed by atoms with Crippen LogP contribution in [0.2, 0.25) is 0 Å². The van der Waals surface area contributed by atoms with Gasteiger partial charge < -0.3 is 18.6 Å². The summed E-state index contributed by atoms with van der Waals surface area (Å²) in [7, 11) is 4.43. The van der Waals surface area contributed by atoms with Crippen LogP contribution in [-0.2, 0) is 30.2 Å². The van der Waals surface area contributed by atoms with Gasteiger partial charge in [-0.3, -0.25) is 23.5 Å². The summed E-state index contributed by atoms with van der Waals surface area (Å²) in [6.45, 7) is 2.93. The largest absolute Gasteiger partial charge is 0.497 e. The fourth-order valence-corrected chi connectivity index (χ4v) is 4.10. The fourth-order valence-electron chi connectivity index (χ4n) is 4.10. The summed E-state index contributed by atoms with van der Waals surface area (Å²) < 4.78 is 15.8. The smallest absolute Gasteiger partial charge is 0.332 e. The van der Waals surface area contributed by atoms with E-state index < -0.39 is 23.8 Å². The van der Waals surface area contributed by atoms with Crippen LogP contribution in [0, 0.1) is 13.8 Å². The van der Waals surface area contributed by atoms with Gasteiger partial charge in [-0.2, -0.15) is 0 Å². The maximum absolute atomic E-state index is 12.8. The van der Waals surface area contributed by atoms with Crippen molar-refractivity contribution in [3.63, 3.8) is 0 Å². The van der Waals surface area contributed by atoms with E-state index >= 15 is 0 Å². The van der Waals surface area contributed by atoms with Gasteiger partial charge >= 0.3 is 11.7 Å². The van der Waals surface area contributed by atoms with Gasteiger partial charge in [-0.05, 0) is 44.2 Å². The molecule has 0 spiro atoms. The van der Waals surface area contributed by atoms with Crippen LogP contribution in [0.1, 0.15) is 21.7 Å². The lowest BCUT2D eigenvalue weighted by molar-refractivity contribution is -0.143. The van der Waals surface area contributed by atoms with Crippen LogP contribution in [0.4, 0.5) is 0 Å². The van der Waals surface area contributed by atoms with E-state index in [0.29, 0.717) is 5.56 Å². The molecule has 11 nitrogen and oxygen atoms in total. The van der Waals surface area contributed by atoms with E-state index in [0.717, 1.165) is 27.4 Å². The Morgan fingerprint density at radius 2 is 1.71 bits per heavy atom. The van der Waals surface area contributed by atoms with Crippen molar-refractivity contribution in [2.75, 3.05) is 13.7 Å². The molecule has 1 aromatic carbocycles. The third-order valence-electron chi connectivity index (χ3n) is 5.94. The lowest BCUT2D eigenvalue weighted by Gasteiger charge is -2.11. The molecule has 0 bridgehead atoms. The van der Waals surface area contributed by atoms with Gasteiger partial charge in [-0.15, -0.1) is 0 Å². The van der Waals surface area contributed by atoms with Gasteiger partial charge in [0.2, 0.25) is 5.78 Å². The maximum Gasteiger partial charge on any atom is 0.332 e. The average molecular weight is 479 g/mol. The summed E-state index contributed by atoms with van der Waals surface area (Å²) in [5.74, 6) is -0.331. The molecule has 0 aliphatic heterocycles. The van der Waals surface area contributed by atoms with Crippen LogP contribution in [0.5, 0.6) is 5.75 Å². The third kappa shape index (κ3) is 4.16. The van der Waals surface area contributed by atoms with Crippen molar-refractivity contribution >= 4 is 22.9 Å². The van der Waals surface area contributed by atoms with E-state index in [4.69, 9.17) is 9.47 Å². The van der Waals surface area contributed by atoms with Crippen LogP contribution in [0.15, 0.2) is 46.2 Å². The number of benzene rings is 1.